The Morgan fingerprint density at radius 3 is 2.80 bits per heavy atom. The average molecular weight is 284 g/mol. The molecule has 2 aromatic heterocycles. The molecule has 2 heterocycles. The van der Waals surface area contributed by atoms with Crippen molar-refractivity contribution in [3.8, 4) is 0 Å². The standard InChI is InChI=1S/C16H14ClN3/c1-11-14(7-8-15(17)20-11)19-10-13-5-2-4-12-6-3-9-18-16(12)13/h2-9,19H,10H2,1H3. The lowest BCUT2D eigenvalue weighted by Gasteiger charge is -2.10. The van der Waals surface area contributed by atoms with Crippen LogP contribution in [0.5, 0.6) is 0 Å². The number of anilines is 1. The number of nitrogens with one attached hydrogen (secondary N) is 1. The maximum atomic E-state index is 5.86. The van der Waals surface area contributed by atoms with Gasteiger partial charge in [-0.15, -0.1) is 0 Å². The molecule has 3 rings (SSSR count). The Morgan fingerprint density at radius 1 is 1.10 bits per heavy atom. The predicted octanol–water partition coefficient (Wildman–Crippen LogP) is 4.20. The molecule has 0 amide bonds. The quantitative estimate of drug-likeness (QED) is 0.732. The van der Waals surface area contributed by atoms with Crippen molar-refractivity contribution >= 4 is 28.2 Å². The van der Waals surface area contributed by atoms with Gasteiger partial charge in [-0.3, -0.25) is 4.98 Å². The molecular weight excluding hydrogens is 270 g/mol. The molecule has 0 fully saturated rings. The van der Waals surface area contributed by atoms with Gasteiger partial charge in [0.2, 0.25) is 0 Å². The first kappa shape index (κ1) is 12.9. The first-order valence-corrected chi connectivity index (χ1v) is 6.81. The highest BCUT2D eigenvalue weighted by molar-refractivity contribution is 6.29. The van der Waals surface area contributed by atoms with Crippen molar-refractivity contribution in [2.75, 3.05) is 5.32 Å². The van der Waals surface area contributed by atoms with E-state index in [2.05, 4.69) is 33.5 Å². The number of fused-ring (bicyclic) bond motifs is 1. The SMILES string of the molecule is Cc1nc(Cl)ccc1NCc1cccc2cccnc12. The van der Waals surface area contributed by atoms with E-state index in [-0.39, 0.29) is 0 Å². The third-order valence-electron chi connectivity index (χ3n) is 3.24. The zero-order valence-electron chi connectivity index (χ0n) is 11.1. The number of rotatable bonds is 3. The molecule has 0 unspecified atom stereocenters. The Hall–Kier alpha value is -2.13. The Balaban J connectivity index is 1.87. The van der Waals surface area contributed by atoms with E-state index < -0.39 is 0 Å². The van der Waals surface area contributed by atoms with Crippen LogP contribution in [0.1, 0.15) is 11.3 Å². The molecule has 0 aliphatic carbocycles. The van der Waals surface area contributed by atoms with Gasteiger partial charge in [-0.25, -0.2) is 4.98 Å². The Morgan fingerprint density at radius 2 is 1.95 bits per heavy atom. The fourth-order valence-electron chi connectivity index (χ4n) is 2.22. The van der Waals surface area contributed by atoms with Crippen LogP contribution in [0.25, 0.3) is 10.9 Å². The highest BCUT2D eigenvalue weighted by Gasteiger charge is 2.04. The summed E-state index contributed by atoms with van der Waals surface area (Å²) in [5.74, 6) is 0. The van der Waals surface area contributed by atoms with Crippen LogP contribution in [-0.4, -0.2) is 9.97 Å². The van der Waals surface area contributed by atoms with E-state index >= 15 is 0 Å². The maximum Gasteiger partial charge on any atom is 0.129 e. The molecule has 3 aromatic rings. The molecule has 0 bridgehead atoms. The van der Waals surface area contributed by atoms with Gasteiger partial charge in [-0.2, -0.15) is 0 Å². The second kappa shape index (κ2) is 5.47. The normalized spacial score (nSPS) is 10.7. The Bertz CT molecular complexity index is 750. The van der Waals surface area contributed by atoms with E-state index in [1.54, 1.807) is 6.07 Å². The largest absolute Gasteiger partial charge is 0.379 e. The van der Waals surface area contributed by atoms with E-state index in [1.807, 2.05) is 31.3 Å². The van der Waals surface area contributed by atoms with Gasteiger partial charge in [0.15, 0.2) is 0 Å². The summed E-state index contributed by atoms with van der Waals surface area (Å²) >= 11 is 5.86. The lowest BCUT2D eigenvalue weighted by Crippen LogP contribution is -2.03. The van der Waals surface area contributed by atoms with Gasteiger partial charge in [-0.1, -0.05) is 35.9 Å². The van der Waals surface area contributed by atoms with Gasteiger partial charge in [0.1, 0.15) is 5.15 Å². The topological polar surface area (TPSA) is 37.8 Å². The molecule has 0 saturated heterocycles. The van der Waals surface area contributed by atoms with Gasteiger partial charge < -0.3 is 5.32 Å². The van der Waals surface area contributed by atoms with Gasteiger partial charge in [0, 0.05) is 18.1 Å². The predicted molar refractivity (Wildman–Crippen MR) is 83.1 cm³/mol. The zero-order chi connectivity index (χ0) is 13.9. The highest BCUT2D eigenvalue weighted by Crippen LogP contribution is 2.20. The van der Waals surface area contributed by atoms with Crippen molar-refractivity contribution in [3.05, 3.63) is 65.1 Å². The first-order chi connectivity index (χ1) is 9.74. The van der Waals surface area contributed by atoms with Crippen molar-refractivity contribution in [2.45, 2.75) is 13.5 Å². The second-order valence-electron chi connectivity index (χ2n) is 4.61. The van der Waals surface area contributed by atoms with Crippen molar-refractivity contribution in [2.24, 2.45) is 0 Å². The summed E-state index contributed by atoms with van der Waals surface area (Å²) in [5.41, 5.74) is 4.08. The molecule has 0 saturated carbocycles. The van der Waals surface area contributed by atoms with E-state index in [0.717, 1.165) is 27.8 Å². The molecule has 4 heteroatoms. The van der Waals surface area contributed by atoms with Gasteiger partial charge in [-0.05, 0) is 30.7 Å². The number of aromatic nitrogens is 2. The third kappa shape index (κ3) is 2.58. The van der Waals surface area contributed by atoms with Crippen molar-refractivity contribution < 1.29 is 0 Å². The number of hydrogen-bond acceptors (Lipinski definition) is 3. The Labute approximate surface area is 122 Å². The molecule has 0 radical (unpaired) electrons. The number of nitrogens with zero attached hydrogens (tertiary/aromatic N) is 2. The summed E-state index contributed by atoms with van der Waals surface area (Å²) in [4.78, 5) is 8.69. The summed E-state index contributed by atoms with van der Waals surface area (Å²) in [6, 6.07) is 14.0. The van der Waals surface area contributed by atoms with Gasteiger partial charge in [0.05, 0.1) is 16.9 Å². The maximum absolute atomic E-state index is 5.86. The fourth-order valence-corrected chi connectivity index (χ4v) is 2.41. The number of halogens is 1. The molecule has 3 nitrogen and oxygen atoms in total. The van der Waals surface area contributed by atoms with E-state index in [4.69, 9.17) is 11.6 Å². The summed E-state index contributed by atoms with van der Waals surface area (Å²) in [5, 5.41) is 5.05. The molecule has 0 atom stereocenters. The number of pyridine rings is 2. The van der Waals surface area contributed by atoms with Crippen LogP contribution >= 0.6 is 11.6 Å². The minimum absolute atomic E-state index is 0.514. The molecule has 0 aliphatic rings. The van der Waals surface area contributed by atoms with Crippen LogP contribution in [-0.2, 0) is 6.54 Å². The molecule has 1 N–H and O–H groups in total. The lowest BCUT2D eigenvalue weighted by atomic mass is 10.1. The first-order valence-electron chi connectivity index (χ1n) is 6.44. The van der Waals surface area contributed by atoms with Crippen LogP contribution < -0.4 is 5.32 Å². The van der Waals surface area contributed by atoms with Crippen LogP contribution in [0.4, 0.5) is 5.69 Å². The summed E-state index contributed by atoms with van der Waals surface area (Å²) < 4.78 is 0. The molecule has 20 heavy (non-hydrogen) atoms. The smallest absolute Gasteiger partial charge is 0.129 e. The Kier molecular flexibility index (Phi) is 3.52. The van der Waals surface area contributed by atoms with Crippen LogP contribution in [0.2, 0.25) is 5.15 Å². The number of hydrogen-bond donors (Lipinski definition) is 1. The van der Waals surface area contributed by atoms with Crippen LogP contribution in [0.3, 0.4) is 0 Å². The number of aryl methyl sites for hydroxylation is 1. The molecular formula is C16H14ClN3. The van der Waals surface area contributed by atoms with Crippen molar-refractivity contribution in [3.63, 3.8) is 0 Å². The summed E-state index contributed by atoms with van der Waals surface area (Å²) in [7, 11) is 0. The summed E-state index contributed by atoms with van der Waals surface area (Å²) in [6.45, 7) is 2.65. The van der Waals surface area contributed by atoms with E-state index in [0.29, 0.717) is 11.7 Å². The van der Waals surface area contributed by atoms with Crippen LogP contribution in [0, 0.1) is 6.92 Å². The van der Waals surface area contributed by atoms with Crippen molar-refractivity contribution in [1.82, 2.24) is 9.97 Å². The van der Waals surface area contributed by atoms with E-state index in [1.165, 1.54) is 0 Å². The zero-order valence-corrected chi connectivity index (χ0v) is 11.9. The molecule has 1 aromatic carbocycles. The number of benzene rings is 1. The van der Waals surface area contributed by atoms with Crippen LogP contribution in [0.15, 0.2) is 48.7 Å². The van der Waals surface area contributed by atoms with Crippen molar-refractivity contribution in [1.29, 1.82) is 0 Å². The van der Waals surface area contributed by atoms with E-state index in [9.17, 15) is 0 Å². The van der Waals surface area contributed by atoms with Gasteiger partial charge >= 0.3 is 0 Å². The minimum Gasteiger partial charge on any atom is -0.379 e. The lowest BCUT2D eigenvalue weighted by molar-refractivity contribution is 1.11. The summed E-state index contributed by atoms with van der Waals surface area (Å²) in [6.07, 6.45) is 1.82. The molecule has 0 aliphatic heterocycles. The molecule has 100 valence electrons. The third-order valence-corrected chi connectivity index (χ3v) is 3.45. The fraction of sp³-hybridized carbons (Fsp3) is 0.125. The van der Waals surface area contributed by atoms with Gasteiger partial charge in [0.25, 0.3) is 0 Å². The minimum atomic E-state index is 0.514. The second-order valence-corrected chi connectivity index (χ2v) is 5.00. The number of para-hydroxylation sites is 1. The average Bonchev–Trinajstić information content (AvgIpc) is 2.46. The molecule has 0 spiro atoms. The highest BCUT2D eigenvalue weighted by atomic mass is 35.5. The monoisotopic (exact) mass is 283 g/mol.